The molecule has 0 atom stereocenters. The SMILES string of the molecule is Fc1cc(Cl)cnc1N1CCC(N2CCOCC2)CC1. The second kappa shape index (κ2) is 6.24. The van der Waals surface area contributed by atoms with Crippen LogP contribution in [0, 0.1) is 5.82 Å². The molecule has 0 aliphatic carbocycles. The average Bonchev–Trinajstić information content (AvgIpc) is 2.48. The highest BCUT2D eigenvalue weighted by atomic mass is 35.5. The van der Waals surface area contributed by atoms with Gasteiger partial charge in [0.05, 0.1) is 18.2 Å². The topological polar surface area (TPSA) is 28.6 Å². The van der Waals surface area contributed by atoms with Gasteiger partial charge in [0.1, 0.15) is 0 Å². The third-order valence-corrected chi connectivity index (χ3v) is 4.32. The smallest absolute Gasteiger partial charge is 0.167 e. The molecule has 2 aliphatic rings. The molecule has 3 rings (SSSR count). The standard InChI is InChI=1S/C14H19ClFN3O/c15-11-9-13(16)14(17-10-11)19-3-1-12(2-4-19)18-5-7-20-8-6-18/h9-10,12H,1-8H2. The molecular formula is C14H19ClFN3O. The Morgan fingerprint density at radius 3 is 2.55 bits per heavy atom. The van der Waals surface area contributed by atoms with Gasteiger partial charge in [-0.05, 0) is 18.9 Å². The highest BCUT2D eigenvalue weighted by Crippen LogP contribution is 2.25. The van der Waals surface area contributed by atoms with E-state index < -0.39 is 0 Å². The number of hydrogen-bond acceptors (Lipinski definition) is 4. The molecule has 0 spiro atoms. The van der Waals surface area contributed by atoms with Crippen LogP contribution >= 0.6 is 11.6 Å². The van der Waals surface area contributed by atoms with E-state index in [1.807, 2.05) is 4.90 Å². The van der Waals surface area contributed by atoms with E-state index >= 15 is 0 Å². The zero-order valence-electron chi connectivity index (χ0n) is 11.4. The first kappa shape index (κ1) is 14.0. The number of morpholine rings is 1. The fraction of sp³-hybridized carbons (Fsp3) is 0.643. The Morgan fingerprint density at radius 1 is 1.20 bits per heavy atom. The number of pyridine rings is 1. The number of rotatable bonds is 2. The van der Waals surface area contributed by atoms with Crippen molar-refractivity contribution >= 4 is 17.4 Å². The number of aromatic nitrogens is 1. The summed E-state index contributed by atoms with van der Waals surface area (Å²) in [6.45, 7) is 5.36. The Hall–Kier alpha value is -0.910. The molecule has 20 heavy (non-hydrogen) atoms. The van der Waals surface area contributed by atoms with E-state index in [1.54, 1.807) is 0 Å². The molecular weight excluding hydrogens is 281 g/mol. The quantitative estimate of drug-likeness (QED) is 0.837. The van der Waals surface area contributed by atoms with Crippen LogP contribution in [0.3, 0.4) is 0 Å². The molecule has 1 aromatic heterocycles. The summed E-state index contributed by atoms with van der Waals surface area (Å²) in [6.07, 6.45) is 3.60. The van der Waals surface area contributed by atoms with Crippen molar-refractivity contribution in [2.24, 2.45) is 0 Å². The van der Waals surface area contributed by atoms with Crippen molar-refractivity contribution in [2.45, 2.75) is 18.9 Å². The molecule has 4 nitrogen and oxygen atoms in total. The number of halogens is 2. The van der Waals surface area contributed by atoms with Gasteiger partial charge in [-0.15, -0.1) is 0 Å². The number of nitrogens with zero attached hydrogens (tertiary/aromatic N) is 3. The summed E-state index contributed by atoms with van der Waals surface area (Å²) in [4.78, 5) is 8.63. The Kier molecular flexibility index (Phi) is 4.38. The minimum Gasteiger partial charge on any atom is -0.379 e. The van der Waals surface area contributed by atoms with Crippen molar-refractivity contribution in [3.05, 3.63) is 23.1 Å². The summed E-state index contributed by atoms with van der Waals surface area (Å²) >= 11 is 5.74. The average molecular weight is 300 g/mol. The summed E-state index contributed by atoms with van der Waals surface area (Å²) in [5.74, 6) is 0.0946. The summed E-state index contributed by atoms with van der Waals surface area (Å²) in [5, 5.41) is 0.342. The molecule has 0 radical (unpaired) electrons. The third kappa shape index (κ3) is 3.05. The van der Waals surface area contributed by atoms with Crippen LogP contribution in [-0.2, 0) is 4.74 Å². The lowest BCUT2D eigenvalue weighted by atomic mass is 10.0. The van der Waals surface area contributed by atoms with Crippen LogP contribution in [0.15, 0.2) is 12.3 Å². The fourth-order valence-electron chi connectivity index (χ4n) is 3.03. The van der Waals surface area contributed by atoms with Crippen molar-refractivity contribution < 1.29 is 9.13 Å². The number of hydrogen-bond donors (Lipinski definition) is 0. The van der Waals surface area contributed by atoms with Crippen LogP contribution in [0.1, 0.15) is 12.8 Å². The van der Waals surface area contributed by atoms with E-state index in [9.17, 15) is 4.39 Å². The monoisotopic (exact) mass is 299 g/mol. The van der Waals surface area contributed by atoms with Gasteiger partial charge in [0, 0.05) is 38.4 Å². The molecule has 1 aromatic rings. The zero-order chi connectivity index (χ0) is 13.9. The normalized spacial score (nSPS) is 22.2. The van der Waals surface area contributed by atoms with Crippen LogP contribution in [0.2, 0.25) is 5.02 Å². The molecule has 3 heterocycles. The number of ether oxygens (including phenoxy) is 1. The van der Waals surface area contributed by atoms with E-state index in [-0.39, 0.29) is 5.82 Å². The van der Waals surface area contributed by atoms with Gasteiger partial charge in [-0.2, -0.15) is 0 Å². The molecule has 2 fully saturated rings. The Labute approximate surface area is 123 Å². The lowest BCUT2D eigenvalue weighted by Gasteiger charge is -2.40. The first-order valence-electron chi connectivity index (χ1n) is 7.12. The lowest BCUT2D eigenvalue weighted by Crippen LogP contribution is -2.49. The van der Waals surface area contributed by atoms with Gasteiger partial charge in [-0.3, -0.25) is 4.90 Å². The first-order chi connectivity index (χ1) is 9.74. The van der Waals surface area contributed by atoms with Gasteiger partial charge in [-0.25, -0.2) is 9.37 Å². The zero-order valence-corrected chi connectivity index (χ0v) is 12.2. The maximum atomic E-state index is 13.9. The maximum absolute atomic E-state index is 13.9. The second-order valence-corrected chi connectivity index (χ2v) is 5.76. The summed E-state index contributed by atoms with van der Waals surface area (Å²) < 4.78 is 19.3. The van der Waals surface area contributed by atoms with Crippen molar-refractivity contribution in [1.82, 2.24) is 9.88 Å². The number of piperidine rings is 1. The molecule has 0 bridgehead atoms. The summed E-state index contributed by atoms with van der Waals surface area (Å²) in [5.41, 5.74) is 0. The molecule has 0 aromatic carbocycles. The van der Waals surface area contributed by atoms with Crippen LogP contribution in [0.25, 0.3) is 0 Å². The second-order valence-electron chi connectivity index (χ2n) is 5.33. The van der Waals surface area contributed by atoms with Gasteiger partial charge in [0.25, 0.3) is 0 Å². The van der Waals surface area contributed by atoms with Crippen molar-refractivity contribution in [3.63, 3.8) is 0 Å². The van der Waals surface area contributed by atoms with Crippen LogP contribution in [0.4, 0.5) is 10.2 Å². The Morgan fingerprint density at radius 2 is 1.90 bits per heavy atom. The molecule has 0 unspecified atom stereocenters. The highest BCUT2D eigenvalue weighted by Gasteiger charge is 2.27. The minimum atomic E-state index is -0.331. The molecule has 0 saturated carbocycles. The van der Waals surface area contributed by atoms with Crippen LogP contribution in [0.5, 0.6) is 0 Å². The summed E-state index contributed by atoms with van der Waals surface area (Å²) in [7, 11) is 0. The van der Waals surface area contributed by atoms with Gasteiger partial charge in [0.2, 0.25) is 0 Å². The van der Waals surface area contributed by atoms with Crippen molar-refractivity contribution in [2.75, 3.05) is 44.3 Å². The van der Waals surface area contributed by atoms with E-state index in [0.29, 0.717) is 16.9 Å². The lowest BCUT2D eigenvalue weighted by molar-refractivity contribution is 0.0114. The van der Waals surface area contributed by atoms with Crippen LogP contribution < -0.4 is 4.90 Å². The first-order valence-corrected chi connectivity index (χ1v) is 7.49. The van der Waals surface area contributed by atoms with Gasteiger partial charge in [0.15, 0.2) is 11.6 Å². The molecule has 0 N–H and O–H groups in total. The molecule has 2 saturated heterocycles. The van der Waals surface area contributed by atoms with Crippen molar-refractivity contribution in [3.8, 4) is 0 Å². The highest BCUT2D eigenvalue weighted by molar-refractivity contribution is 6.30. The third-order valence-electron chi connectivity index (χ3n) is 4.11. The summed E-state index contributed by atoms with van der Waals surface area (Å²) in [6, 6.07) is 1.92. The predicted octanol–water partition coefficient (Wildman–Crippen LogP) is 2.18. The van der Waals surface area contributed by atoms with Crippen LogP contribution in [-0.4, -0.2) is 55.3 Å². The van der Waals surface area contributed by atoms with Gasteiger partial charge < -0.3 is 9.64 Å². The molecule has 110 valence electrons. The van der Waals surface area contributed by atoms with E-state index in [1.165, 1.54) is 12.3 Å². The molecule has 2 aliphatic heterocycles. The largest absolute Gasteiger partial charge is 0.379 e. The maximum Gasteiger partial charge on any atom is 0.167 e. The van der Waals surface area contributed by atoms with E-state index in [0.717, 1.165) is 52.2 Å². The van der Waals surface area contributed by atoms with Gasteiger partial charge >= 0.3 is 0 Å². The number of anilines is 1. The minimum absolute atomic E-state index is 0.331. The van der Waals surface area contributed by atoms with Gasteiger partial charge in [-0.1, -0.05) is 11.6 Å². The predicted molar refractivity (Wildman–Crippen MR) is 76.8 cm³/mol. The Balaban J connectivity index is 1.60. The molecule has 6 heteroatoms. The van der Waals surface area contributed by atoms with E-state index in [2.05, 4.69) is 9.88 Å². The fourth-order valence-corrected chi connectivity index (χ4v) is 3.17. The molecule has 0 amide bonds. The Bertz CT molecular complexity index is 460. The van der Waals surface area contributed by atoms with Crippen molar-refractivity contribution in [1.29, 1.82) is 0 Å². The van der Waals surface area contributed by atoms with E-state index in [4.69, 9.17) is 16.3 Å².